The summed E-state index contributed by atoms with van der Waals surface area (Å²) in [6, 6.07) is 7.68. The van der Waals surface area contributed by atoms with E-state index in [1.807, 2.05) is 70.3 Å². The molecule has 0 amide bonds. The lowest BCUT2D eigenvalue weighted by atomic mass is 9.72. The third-order valence-electron chi connectivity index (χ3n) is 7.08. The largest absolute Gasteiger partial charge is 0.493 e. The number of hydrogen-bond acceptors (Lipinski definition) is 10. The molecule has 0 bridgehead atoms. The molecular weight excluding hydrogens is 726 g/mol. The Morgan fingerprint density at radius 1 is 0.553 bits per heavy atom. The van der Waals surface area contributed by atoms with Crippen molar-refractivity contribution in [3.63, 3.8) is 0 Å². The summed E-state index contributed by atoms with van der Waals surface area (Å²) in [6.45, 7) is 0. The fourth-order valence-electron chi connectivity index (χ4n) is 5.43. The Morgan fingerprint density at radius 2 is 0.868 bits per heavy atom. The molecule has 12 heteroatoms. The van der Waals surface area contributed by atoms with E-state index in [9.17, 15) is 0 Å². The van der Waals surface area contributed by atoms with Crippen LogP contribution < -0.4 is 28.4 Å². The lowest BCUT2D eigenvalue weighted by molar-refractivity contribution is -0.255. The highest BCUT2D eigenvalue weighted by Crippen LogP contribution is 2.55. The second-order valence-corrected chi connectivity index (χ2v) is 9.88. The Balaban J connectivity index is 1.81. The van der Waals surface area contributed by atoms with Crippen molar-refractivity contribution in [2.24, 2.45) is 11.8 Å². The molecule has 4 rings (SSSR count). The van der Waals surface area contributed by atoms with E-state index in [0.717, 1.165) is 11.1 Å². The first-order valence-electron chi connectivity index (χ1n) is 11.9. The van der Waals surface area contributed by atoms with Gasteiger partial charge in [-0.25, -0.2) is 0 Å². The molecule has 6 atom stereocenters. The number of ether oxygens (including phenoxy) is 8. The third kappa shape index (κ3) is 5.70. The number of fused-ring (bicyclic) bond motifs is 1. The van der Waals surface area contributed by atoms with Crippen LogP contribution in [0.1, 0.15) is 36.2 Å². The van der Waals surface area contributed by atoms with Crippen LogP contribution in [-0.2, 0) is 15.6 Å². The standard InChI is InChI=1S/C26H32I2O10/c1-29-17-7-13(8-18(30-2)25(17)33-5)23-15-11-22(38-28)36-24(16(15)12-21(35-23)37-27)14-9-19(31-3)26(34-6)20(10-14)32-4/h7-10,15-16,21-24H,11-12H2,1-6H3/t15-,16-,21?,22?,23+,24+/m0/s1. The van der Waals surface area contributed by atoms with Gasteiger partial charge in [0.05, 0.1) is 54.9 Å². The van der Waals surface area contributed by atoms with Crippen LogP contribution in [0.3, 0.4) is 0 Å². The maximum atomic E-state index is 6.50. The molecule has 0 aliphatic carbocycles. The summed E-state index contributed by atoms with van der Waals surface area (Å²) in [5.74, 6) is 3.26. The molecule has 0 saturated carbocycles. The minimum absolute atomic E-state index is 0.0122. The average Bonchev–Trinajstić information content (AvgIpc) is 2.97. The van der Waals surface area contributed by atoms with E-state index in [1.54, 1.807) is 42.7 Å². The van der Waals surface area contributed by atoms with Crippen molar-refractivity contribution >= 4 is 46.0 Å². The lowest BCUT2D eigenvalue weighted by Gasteiger charge is -2.49. The maximum absolute atomic E-state index is 6.50. The molecule has 0 aromatic heterocycles. The fourth-order valence-corrected chi connectivity index (χ4v) is 6.08. The zero-order chi connectivity index (χ0) is 27.4. The second kappa shape index (κ2) is 13.3. The molecule has 0 N–H and O–H groups in total. The Kier molecular flexibility index (Phi) is 10.3. The summed E-state index contributed by atoms with van der Waals surface area (Å²) in [7, 11) is 9.54. The van der Waals surface area contributed by atoms with Crippen LogP contribution in [0.5, 0.6) is 34.5 Å². The molecule has 2 fully saturated rings. The quantitative estimate of drug-likeness (QED) is 0.270. The van der Waals surface area contributed by atoms with Crippen molar-refractivity contribution < 1.29 is 44.0 Å². The van der Waals surface area contributed by atoms with E-state index in [4.69, 9.17) is 44.0 Å². The number of benzene rings is 2. The van der Waals surface area contributed by atoms with Crippen molar-refractivity contribution in [1.29, 1.82) is 0 Å². The predicted octanol–water partition coefficient (Wildman–Crippen LogP) is 5.98. The topological polar surface area (TPSA) is 92.3 Å². The molecule has 2 saturated heterocycles. The molecule has 38 heavy (non-hydrogen) atoms. The van der Waals surface area contributed by atoms with E-state index < -0.39 is 12.6 Å². The highest BCUT2D eigenvalue weighted by Gasteiger charge is 2.49. The number of hydrogen-bond donors (Lipinski definition) is 0. The maximum Gasteiger partial charge on any atom is 0.203 e. The molecule has 0 radical (unpaired) electrons. The normalized spacial score (nSPS) is 26.7. The van der Waals surface area contributed by atoms with Crippen LogP contribution in [-0.4, -0.2) is 55.2 Å². The second-order valence-electron chi connectivity index (χ2n) is 8.87. The third-order valence-corrected chi connectivity index (χ3v) is 8.22. The Hall–Kier alpha value is -1.46. The molecule has 10 nitrogen and oxygen atoms in total. The van der Waals surface area contributed by atoms with Crippen molar-refractivity contribution in [2.45, 2.75) is 37.6 Å². The van der Waals surface area contributed by atoms with Crippen LogP contribution in [0.25, 0.3) is 0 Å². The molecule has 2 unspecified atom stereocenters. The van der Waals surface area contributed by atoms with Gasteiger partial charge in [0.15, 0.2) is 35.6 Å². The van der Waals surface area contributed by atoms with E-state index in [2.05, 4.69) is 0 Å². The van der Waals surface area contributed by atoms with E-state index >= 15 is 0 Å². The molecule has 210 valence electrons. The van der Waals surface area contributed by atoms with Crippen LogP contribution in [0, 0.1) is 11.8 Å². The highest BCUT2D eigenvalue weighted by molar-refractivity contribution is 14.1. The molecule has 2 aliphatic heterocycles. The van der Waals surface area contributed by atoms with E-state index in [-0.39, 0.29) is 24.0 Å². The number of rotatable bonds is 10. The van der Waals surface area contributed by atoms with Gasteiger partial charge in [-0.3, -0.25) is 6.13 Å². The van der Waals surface area contributed by atoms with E-state index in [0.29, 0.717) is 47.3 Å². The molecule has 2 heterocycles. The Bertz CT molecular complexity index is 964. The van der Waals surface area contributed by atoms with Gasteiger partial charge in [-0.05, 0) is 35.4 Å². The van der Waals surface area contributed by atoms with Gasteiger partial charge in [-0.15, -0.1) is 0 Å². The zero-order valence-corrected chi connectivity index (χ0v) is 26.3. The minimum Gasteiger partial charge on any atom is -0.493 e. The highest BCUT2D eigenvalue weighted by atomic mass is 127. The van der Waals surface area contributed by atoms with Gasteiger partial charge in [0.2, 0.25) is 11.5 Å². The summed E-state index contributed by atoms with van der Waals surface area (Å²) < 4.78 is 58.0. The van der Waals surface area contributed by atoms with Crippen LogP contribution in [0.15, 0.2) is 24.3 Å². The van der Waals surface area contributed by atoms with Crippen LogP contribution >= 0.6 is 46.0 Å². The van der Waals surface area contributed by atoms with E-state index in [1.165, 1.54) is 0 Å². The Morgan fingerprint density at radius 3 is 1.11 bits per heavy atom. The summed E-state index contributed by atoms with van der Waals surface area (Å²) in [5.41, 5.74) is 1.76. The first-order chi connectivity index (χ1) is 18.5. The average molecular weight is 758 g/mol. The fraction of sp³-hybridized carbons (Fsp3) is 0.538. The van der Waals surface area contributed by atoms with Gasteiger partial charge in [-0.2, -0.15) is 0 Å². The van der Waals surface area contributed by atoms with Gasteiger partial charge in [0, 0.05) is 24.7 Å². The van der Waals surface area contributed by atoms with Crippen LogP contribution in [0.4, 0.5) is 0 Å². The van der Waals surface area contributed by atoms with Gasteiger partial charge in [0.1, 0.15) is 46.0 Å². The van der Waals surface area contributed by atoms with Crippen molar-refractivity contribution in [1.82, 2.24) is 0 Å². The van der Waals surface area contributed by atoms with Crippen molar-refractivity contribution in [2.75, 3.05) is 42.7 Å². The first kappa shape index (κ1) is 29.5. The first-order valence-corrected chi connectivity index (χ1v) is 13.7. The minimum atomic E-state index is -0.467. The monoisotopic (exact) mass is 758 g/mol. The molecule has 0 spiro atoms. The SMILES string of the molecule is COc1cc([C@H]2OC(OI)C[C@H]3[C@@H]2CC(OI)O[C@@H]3c2cc(OC)c(OC)c(OC)c2)cc(OC)c1OC. The molecule has 2 aliphatic rings. The number of methoxy groups -OCH3 is 6. The van der Waals surface area contributed by atoms with Gasteiger partial charge in [0.25, 0.3) is 0 Å². The number of halogens is 2. The summed E-state index contributed by atoms with van der Waals surface area (Å²) in [6.07, 6.45) is -0.417. The van der Waals surface area contributed by atoms with Gasteiger partial charge in [-0.1, -0.05) is 0 Å². The zero-order valence-electron chi connectivity index (χ0n) is 22.0. The predicted molar refractivity (Wildman–Crippen MR) is 154 cm³/mol. The molecular formula is C26H32I2O10. The van der Waals surface area contributed by atoms with Crippen molar-refractivity contribution in [3.8, 4) is 34.5 Å². The lowest BCUT2D eigenvalue weighted by Crippen LogP contribution is -2.46. The van der Waals surface area contributed by atoms with Crippen LogP contribution in [0.2, 0.25) is 0 Å². The summed E-state index contributed by atoms with van der Waals surface area (Å²) in [4.78, 5) is 0. The van der Waals surface area contributed by atoms with Gasteiger partial charge < -0.3 is 37.9 Å². The Labute approximate surface area is 250 Å². The molecule has 2 aromatic rings. The van der Waals surface area contributed by atoms with Gasteiger partial charge >= 0.3 is 0 Å². The summed E-state index contributed by atoms with van der Waals surface area (Å²) >= 11 is 3.77. The summed E-state index contributed by atoms with van der Waals surface area (Å²) in [5, 5.41) is 0. The van der Waals surface area contributed by atoms with Crippen molar-refractivity contribution in [3.05, 3.63) is 35.4 Å². The smallest absolute Gasteiger partial charge is 0.203 e. The molecule has 2 aromatic carbocycles.